The minimum atomic E-state index is -5.73. The highest BCUT2D eigenvalue weighted by Crippen LogP contribution is 2.43. The van der Waals surface area contributed by atoms with Gasteiger partial charge in [-0.15, -0.1) is 0 Å². The van der Waals surface area contributed by atoms with E-state index in [1.807, 2.05) is 12.1 Å². The van der Waals surface area contributed by atoms with Crippen molar-refractivity contribution in [1.29, 1.82) is 0 Å². The lowest BCUT2D eigenvalue weighted by Gasteiger charge is -2.13. The quantitative estimate of drug-likeness (QED) is 0.241. The molecule has 35 heavy (non-hydrogen) atoms. The van der Waals surface area contributed by atoms with Crippen LogP contribution in [-0.2, 0) is 16.3 Å². The monoisotopic (exact) mass is 498 g/mol. The molecule has 0 saturated heterocycles. The molecule has 0 amide bonds. The number of aromatic nitrogens is 2. The van der Waals surface area contributed by atoms with E-state index in [4.69, 9.17) is 0 Å². The maximum Gasteiger partial charge on any atom is 0.502 e. The van der Waals surface area contributed by atoms with Gasteiger partial charge < -0.3 is 0 Å². The van der Waals surface area contributed by atoms with Gasteiger partial charge in [0.1, 0.15) is 10.6 Å². The summed E-state index contributed by atoms with van der Waals surface area (Å²) in [6.07, 6.45) is 4.00. The van der Waals surface area contributed by atoms with Crippen molar-refractivity contribution in [2.24, 2.45) is 0 Å². The van der Waals surface area contributed by atoms with E-state index in [0.717, 1.165) is 31.2 Å². The molecule has 0 radical (unpaired) electrons. The minimum Gasteiger partial charge on any atom is -0.231 e. The van der Waals surface area contributed by atoms with Crippen LogP contribution < -0.4 is 0 Å². The third-order valence-corrected chi connectivity index (χ3v) is 7.29. The number of unbranched alkanes of at least 4 members (excludes halogenated alkanes) is 2. The van der Waals surface area contributed by atoms with Crippen molar-refractivity contribution < 1.29 is 21.6 Å². The van der Waals surface area contributed by atoms with Crippen molar-refractivity contribution in [2.45, 2.75) is 43.0 Å². The molecule has 182 valence electrons. The molecule has 3 aromatic carbocycles. The lowest BCUT2D eigenvalue weighted by atomic mass is 10.0. The molecule has 0 saturated carbocycles. The molecule has 0 fully saturated rings. The van der Waals surface area contributed by atoms with Crippen molar-refractivity contribution >= 4 is 9.84 Å². The number of hydrogen-bond donors (Lipinski definition) is 0. The van der Waals surface area contributed by atoms with Gasteiger partial charge in [-0.2, -0.15) is 18.3 Å². The molecular formula is C27H25F3N2O2S. The fourth-order valence-corrected chi connectivity index (χ4v) is 5.08. The predicted octanol–water partition coefficient (Wildman–Crippen LogP) is 7.23. The summed E-state index contributed by atoms with van der Waals surface area (Å²) < 4.78 is 69.0. The van der Waals surface area contributed by atoms with Crippen LogP contribution in [0.5, 0.6) is 0 Å². The maximum atomic E-state index is 13.9. The Morgan fingerprint density at radius 3 is 1.97 bits per heavy atom. The topological polar surface area (TPSA) is 52.0 Å². The van der Waals surface area contributed by atoms with Crippen LogP contribution in [0.1, 0.15) is 31.7 Å². The summed E-state index contributed by atoms with van der Waals surface area (Å²) >= 11 is 0. The number of nitrogens with zero attached hydrogens (tertiary/aromatic N) is 2. The average molecular weight is 499 g/mol. The lowest BCUT2D eigenvalue weighted by Crippen LogP contribution is -2.24. The van der Waals surface area contributed by atoms with E-state index in [-0.39, 0.29) is 17.0 Å². The van der Waals surface area contributed by atoms with Crippen LogP contribution in [0.3, 0.4) is 0 Å². The third kappa shape index (κ3) is 5.03. The van der Waals surface area contributed by atoms with Crippen LogP contribution in [-0.4, -0.2) is 23.7 Å². The highest BCUT2D eigenvalue weighted by Gasteiger charge is 2.51. The van der Waals surface area contributed by atoms with Gasteiger partial charge in [0.15, 0.2) is 0 Å². The standard InChI is InChI=1S/C27H25F3N2O2S/c1-2-3-6-11-20-16-18-22(19-17-20)25-26(35(33,34)27(28,29)30)24(21-12-7-4-8-13-21)31-32(25)23-14-9-5-10-15-23/h4-5,7-10,12-19H,2-3,6,11H2,1H3. The van der Waals surface area contributed by atoms with Gasteiger partial charge in [0.05, 0.1) is 11.4 Å². The first kappa shape index (κ1) is 24.7. The van der Waals surface area contributed by atoms with Crippen LogP contribution in [0.25, 0.3) is 28.2 Å². The Hall–Kier alpha value is -3.39. The first-order valence-corrected chi connectivity index (χ1v) is 12.9. The fraction of sp³-hybridized carbons (Fsp3) is 0.222. The van der Waals surface area contributed by atoms with Gasteiger partial charge in [-0.3, -0.25) is 0 Å². The van der Waals surface area contributed by atoms with Crippen LogP contribution in [0.4, 0.5) is 13.2 Å². The molecule has 0 spiro atoms. The molecule has 0 aliphatic heterocycles. The van der Waals surface area contributed by atoms with E-state index < -0.39 is 20.2 Å². The molecular weight excluding hydrogens is 473 g/mol. The Morgan fingerprint density at radius 1 is 0.800 bits per heavy atom. The molecule has 0 aliphatic rings. The van der Waals surface area contributed by atoms with E-state index in [0.29, 0.717) is 11.3 Å². The first-order chi connectivity index (χ1) is 16.7. The zero-order valence-electron chi connectivity index (χ0n) is 19.2. The molecule has 0 aliphatic carbocycles. The Morgan fingerprint density at radius 2 is 1.40 bits per heavy atom. The number of halogens is 3. The van der Waals surface area contributed by atoms with E-state index in [1.165, 1.54) is 4.68 Å². The van der Waals surface area contributed by atoms with Gasteiger partial charge in [0.2, 0.25) is 0 Å². The number of para-hydroxylation sites is 1. The fourth-order valence-electron chi connectivity index (χ4n) is 3.98. The number of aryl methyl sites for hydroxylation is 1. The summed E-state index contributed by atoms with van der Waals surface area (Å²) in [5.74, 6) is 0. The molecule has 4 rings (SSSR count). The van der Waals surface area contributed by atoms with Gasteiger partial charge in [-0.25, -0.2) is 13.1 Å². The Labute approximate surface area is 203 Å². The molecule has 0 N–H and O–H groups in total. The summed E-state index contributed by atoms with van der Waals surface area (Å²) in [6.45, 7) is 2.11. The second-order valence-electron chi connectivity index (χ2n) is 8.24. The van der Waals surface area contributed by atoms with Crippen molar-refractivity contribution in [3.8, 4) is 28.2 Å². The van der Waals surface area contributed by atoms with E-state index in [2.05, 4.69) is 12.0 Å². The second-order valence-corrected chi connectivity index (χ2v) is 10.1. The molecule has 0 bridgehead atoms. The second kappa shape index (κ2) is 10.1. The van der Waals surface area contributed by atoms with Crippen LogP contribution in [0.2, 0.25) is 0 Å². The number of benzene rings is 3. The summed E-state index contributed by atoms with van der Waals surface area (Å²) in [6, 6.07) is 23.6. The summed E-state index contributed by atoms with van der Waals surface area (Å²) in [5.41, 5.74) is -3.74. The summed E-state index contributed by atoms with van der Waals surface area (Å²) in [7, 11) is -5.73. The average Bonchev–Trinajstić information content (AvgIpc) is 3.26. The zero-order valence-corrected chi connectivity index (χ0v) is 20.0. The highest BCUT2D eigenvalue weighted by atomic mass is 32.2. The number of alkyl halides is 3. The third-order valence-electron chi connectivity index (χ3n) is 5.76. The number of sulfone groups is 1. The molecule has 4 aromatic rings. The van der Waals surface area contributed by atoms with Gasteiger partial charge in [-0.1, -0.05) is 92.6 Å². The molecule has 1 heterocycles. The van der Waals surface area contributed by atoms with Crippen molar-refractivity contribution in [1.82, 2.24) is 9.78 Å². The zero-order chi connectivity index (χ0) is 25.1. The van der Waals surface area contributed by atoms with Crippen LogP contribution >= 0.6 is 0 Å². The maximum absolute atomic E-state index is 13.9. The molecule has 4 nitrogen and oxygen atoms in total. The van der Waals surface area contributed by atoms with E-state index in [9.17, 15) is 21.6 Å². The first-order valence-electron chi connectivity index (χ1n) is 11.4. The van der Waals surface area contributed by atoms with Gasteiger partial charge in [0.25, 0.3) is 9.84 Å². The summed E-state index contributed by atoms with van der Waals surface area (Å²) in [4.78, 5) is -0.848. The summed E-state index contributed by atoms with van der Waals surface area (Å²) in [5, 5.41) is 4.43. The Bertz CT molecular complexity index is 1380. The van der Waals surface area contributed by atoms with E-state index >= 15 is 0 Å². The highest BCUT2D eigenvalue weighted by molar-refractivity contribution is 7.92. The normalized spacial score (nSPS) is 12.1. The lowest BCUT2D eigenvalue weighted by molar-refractivity contribution is -0.0435. The Balaban J connectivity index is 2.00. The minimum absolute atomic E-state index is 0.118. The van der Waals surface area contributed by atoms with Gasteiger partial charge in [0, 0.05) is 11.1 Å². The van der Waals surface area contributed by atoms with E-state index in [1.54, 1.807) is 72.8 Å². The van der Waals surface area contributed by atoms with Crippen molar-refractivity contribution in [3.05, 3.63) is 90.5 Å². The van der Waals surface area contributed by atoms with Gasteiger partial charge >= 0.3 is 5.51 Å². The van der Waals surface area contributed by atoms with Crippen LogP contribution in [0.15, 0.2) is 89.8 Å². The molecule has 0 unspecified atom stereocenters. The molecule has 8 heteroatoms. The number of rotatable bonds is 8. The largest absolute Gasteiger partial charge is 0.502 e. The predicted molar refractivity (Wildman–Crippen MR) is 131 cm³/mol. The number of hydrogen-bond acceptors (Lipinski definition) is 3. The molecule has 1 aromatic heterocycles. The van der Waals surface area contributed by atoms with Crippen molar-refractivity contribution in [2.75, 3.05) is 0 Å². The van der Waals surface area contributed by atoms with Gasteiger partial charge in [-0.05, 0) is 30.5 Å². The smallest absolute Gasteiger partial charge is 0.231 e. The van der Waals surface area contributed by atoms with Crippen LogP contribution in [0, 0.1) is 0 Å². The van der Waals surface area contributed by atoms with Crippen molar-refractivity contribution in [3.63, 3.8) is 0 Å². The molecule has 0 atom stereocenters. The SMILES string of the molecule is CCCCCc1ccc(-c2c(S(=O)(=O)C(F)(F)F)c(-c3ccccc3)nn2-c2ccccc2)cc1. The Kier molecular flexibility index (Phi) is 7.12.